The van der Waals surface area contributed by atoms with Crippen LogP contribution in [0, 0.1) is 12.8 Å². The molecule has 0 bridgehead atoms. The van der Waals surface area contributed by atoms with Gasteiger partial charge in [-0.3, -0.25) is 14.3 Å². The summed E-state index contributed by atoms with van der Waals surface area (Å²) in [5.41, 5.74) is 5.03. The molecule has 2 aromatic heterocycles. The summed E-state index contributed by atoms with van der Waals surface area (Å²) in [5, 5.41) is 6.33. The van der Waals surface area contributed by atoms with Gasteiger partial charge in [0.1, 0.15) is 6.33 Å². The number of piperidine rings is 1. The van der Waals surface area contributed by atoms with E-state index >= 15 is 0 Å². The number of nitrogens with one attached hydrogen (secondary N) is 1. The molecule has 0 spiro atoms. The maximum absolute atomic E-state index is 12.8. The molecular weight excluding hydrogens is 406 g/mol. The summed E-state index contributed by atoms with van der Waals surface area (Å²) < 4.78 is 2.06. The molecule has 158 valence electrons. The van der Waals surface area contributed by atoms with Gasteiger partial charge in [-0.25, -0.2) is 9.97 Å². The van der Waals surface area contributed by atoms with E-state index in [1.54, 1.807) is 11.3 Å². The number of rotatable bonds is 5. The molecule has 0 saturated carbocycles. The molecule has 31 heavy (non-hydrogen) atoms. The molecule has 1 N–H and O–H groups in total. The maximum atomic E-state index is 12.8. The van der Waals surface area contributed by atoms with Gasteiger partial charge in [0, 0.05) is 29.2 Å². The predicted octanol–water partition coefficient (Wildman–Crippen LogP) is 4.64. The quantitative estimate of drug-likeness (QED) is 0.500. The molecule has 3 heterocycles. The summed E-state index contributed by atoms with van der Waals surface area (Å²) in [4.78, 5) is 24.2. The second-order valence-electron chi connectivity index (χ2n) is 8.05. The van der Waals surface area contributed by atoms with Gasteiger partial charge in [0.05, 0.1) is 21.7 Å². The van der Waals surface area contributed by atoms with Gasteiger partial charge >= 0.3 is 0 Å². The van der Waals surface area contributed by atoms with Crippen molar-refractivity contribution in [3.05, 3.63) is 70.9 Å². The number of thiazole rings is 1. The molecule has 0 atom stereocenters. The molecule has 6 nitrogen and oxygen atoms in total. The summed E-state index contributed by atoms with van der Waals surface area (Å²) in [6.45, 7) is 4.78. The molecule has 0 unspecified atom stereocenters. The van der Waals surface area contributed by atoms with Gasteiger partial charge in [-0.15, -0.1) is 11.3 Å². The zero-order valence-electron chi connectivity index (χ0n) is 17.5. The van der Waals surface area contributed by atoms with Crippen molar-refractivity contribution in [1.82, 2.24) is 19.4 Å². The van der Waals surface area contributed by atoms with Crippen LogP contribution in [-0.2, 0) is 11.3 Å². The smallest absolute Gasteiger partial charge is 0.227 e. The van der Waals surface area contributed by atoms with Crippen LogP contribution in [0.15, 0.2) is 60.2 Å². The van der Waals surface area contributed by atoms with Gasteiger partial charge in [0.25, 0.3) is 0 Å². The number of imidazole rings is 1. The lowest BCUT2D eigenvalue weighted by Crippen LogP contribution is -2.37. The molecule has 4 aromatic rings. The average Bonchev–Trinajstić information content (AvgIpc) is 3.41. The van der Waals surface area contributed by atoms with Crippen molar-refractivity contribution in [3.8, 4) is 5.69 Å². The van der Waals surface area contributed by atoms with Crippen molar-refractivity contribution in [2.24, 2.45) is 5.92 Å². The number of benzene rings is 2. The minimum Gasteiger partial charge on any atom is -0.326 e. The SMILES string of the molecule is Cc1nc(CN2CCC(C(=O)Nc3ccc(-n4cnc5ccccc54)cc3)CC2)cs1. The van der Waals surface area contributed by atoms with Crippen LogP contribution in [0.1, 0.15) is 23.5 Å². The molecule has 1 amide bonds. The molecule has 2 aromatic carbocycles. The molecule has 1 aliphatic heterocycles. The van der Waals surface area contributed by atoms with Gasteiger partial charge in [-0.2, -0.15) is 0 Å². The van der Waals surface area contributed by atoms with E-state index in [9.17, 15) is 4.79 Å². The Morgan fingerprint density at radius 3 is 2.65 bits per heavy atom. The molecule has 1 aliphatic rings. The summed E-state index contributed by atoms with van der Waals surface area (Å²) in [6, 6.07) is 16.0. The lowest BCUT2D eigenvalue weighted by molar-refractivity contribution is -0.121. The number of para-hydroxylation sites is 2. The summed E-state index contributed by atoms with van der Waals surface area (Å²) in [5.74, 6) is 0.177. The lowest BCUT2D eigenvalue weighted by Gasteiger charge is -2.30. The van der Waals surface area contributed by atoms with Crippen LogP contribution in [0.4, 0.5) is 5.69 Å². The number of aromatic nitrogens is 3. The number of hydrogen-bond donors (Lipinski definition) is 1. The molecule has 0 radical (unpaired) electrons. The van der Waals surface area contributed by atoms with Crippen LogP contribution >= 0.6 is 11.3 Å². The summed E-state index contributed by atoms with van der Waals surface area (Å²) in [7, 11) is 0. The first-order valence-corrected chi connectivity index (χ1v) is 11.5. The van der Waals surface area contributed by atoms with Gasteiger partial charge in [-0.05, 0) is 69.3 Å². The highest BCUT2D eigenvalue weighted by molar-refractivity contribution is 7.09. The van der Waals surface area contributed by atoms with E-state index in [1.807, 2.05) is 55.7 Å². The third kappa shape index (κ3) is 4.38. The summed E-state index contributed by atoms with van der Waals surface area (Å²) in [6.07, 6.45) is 3.60. The minimum absolute atomic E-state index is 0.0608. The Morgan fingerprint density at radius 1 is 1.13 bits per heavy atom. The first-order valence-electron chi connectivity index (χ1n) is 10.6. The number of amides is 1. The van der Waals surface area contributed by atoms with Crippen LogP contribution < -0.4 is 5.32 Å². The second-order valence-corrected chi connectivity index (χ2v) is 9.11. The van der Waals surface area contributed by atoms with E-state index in [0.717, 1.165) is 65.6 Å². The largest absolute Gasteiger partial charge is 0.326 e. The number of aryl methyl sites for hydroxylation is 1. The Morgan fingerprint density at radius 2 is 1.90 bits per heavy atom. The van der Waals surface area contributed by atoms with Crippen LogP contribution in [0.25, 0.3) is 16.7 Å². The first-order chi connectivity index (χ1) is 15.2. The van der Waals surface area contributed by atoms with Crippen molar-refractivity contribution in [2.75, 3.05) is 18.4 Å². The molecular formula is C24H25N5OS. The van der Waals surface area contributed by atoms with Crippen molar-refractivity contribution in [3.63, 3.8) is 0 Å². The third-order valence-corrected chi connectivity index (χ3v) is 6.70. The van der Waals surface area contributed by atoms with E-state index in [4.69, 9.17) is 0 Å². The average molecular weight is 432 g/mol. The number of nitrogens with zero attached hydrogens (tertiary/aromatic N) is 4. The Labute approximate surface area is 185 Å². The number of likely N-dealkylation sites (tertiary alicyclic amines) is 1. The van der Waals surface area contributed by atoms with Crippen molar-refractivity contribution in [2.45, 2.75) is 26.3 Å². The molecule has 5 rings (SSSR count). The topological polar surface area (TPSA) is 63.1 Å². The molecule has 1 saturated heterocycles. The fraction of sp³-hybridized carbons (Fsp3) is 0.292. The zero-order valence-corrected chi connectivity index (χ0v) is 18.3. The number of anilines is 1. The Bertz CT molecular complexity index is 1190. The van der Waals surface area contributed by atoms with E-state index in [2.05, 4.69) is 36.2 Å². The van der Waals surface area contributed by atoms with E-state index in [1.165, 1.54) is 0 Å². The number of hydrogen-bond acceptors (Lipinski definition) is 5. The molecule has 7 heteroatoms. The normalized spacial score (nSPS) is 15.4. The second kappa shape index (κ2) is 8.61. The fourth-order valence-electron chi connectivity index (χ4n) is 4.18. The Balaban J connectivity index is 1.17. The highest BCUT2D eigenvalue weighted by atomic mass is 32.1. The monoisotopic (exact) mass is 431 g/mol. The molecule has 1 fully saturated rings. The van der Waals surface area contributed by atoms with Gasteiger partial charge in [-0.1, -0.05) is 12.1 Å². The number of carbonyl (C=O) groups is 1. The van der Waals surface area contributed by atoms with Crippen LogP contribution in [-0.4, -0.2) is 38.4 Å². The van der Waals surface area contributed by atoms with Crippen LogP contribution in [0.2, 0.25) is 0 Å². The zero-order chi connectivity index (χ0) is 21.2. The van der Waals surface area contributed by atoms with Crippen LogP contribution in [0.5, 0.6) is 0 Å². The Kier molecular flexibility index (Phi) is 5.53. The Hall–Kier alpha value is -3.03. The van der Waals surface area contributed by atoms with Gasteiger partial charge in [0.2, 0.25) is 5.91 Å². The number of carbonyl (C=O) groups excluding carboxylic acids is 1. The minimum atomic E-state index is 0.0608. The van der Waals surface area contributed by atoms with Crippen molar-refractivity contribution < 1.29 is 4.79 Å². The lowest BCUT2D eigenvalue weighted by atomic mass is 9.95. The maximum Gasteiger partial charge on any atom is 0.227 e. The molecule has 0 aliphatic carbocycles. The van der Waals surface area contributed by atoms with Crippen molar-refractivity contribution >= 4 is 34.0 Å². The highest BCUT2D eigenvalue weighted by Crippen LogP contribution is 2.23. The number of fused-ring (bicyclic) bond motifs is 1. The van der Waals surface area contributed by atoms with Gasteiger partial charge in [0.15, 0.2) is 0 Å². The van der Waals surface area contributed by atoms with E-state index < -0.39 is 0 Å². The fourth-order valence-corrected chi connectivity index (χ4v) is 4.78. The highest BCUT2D eigenvalue weighted by Gasteiger charge is 2.25. The van der Waals surface area contributed by atoms with Crippen molar-refractivity contribution in [1.29, 1.82) is 0 Å². The third-order valence-electron chi connectivity index (χ3n) is 5.88. The predicted molar refractivity (Wildman–Crippen MR) is 125 cm³/mol. The summed E-state index contributed by atoms with van der Waals surface area (Å²) >= 11 is 1.69. The van der Waals surface area contributed by atoms with E-state index in [0.29, 0.717) is 0 Å². The van der Waals surface area contributed by atoms with E-state index in [-0.39, 0.29) is 11.8 Å². The van der Waals surface area contributed by atoms with Crippen LogP contribution in [0.3, 0.4) is 0 Å². The standard InChI is InChI=1S/C24H25N5OS/c1-17-26-20(15-31-17)14-28-12-10-18(11-13-28)24(30)27-19-6-8-21(9-7-19)29-16-25-22-4-2-3-5-23(22)29/h2-9,15-16,18H,10-14H2,1H3,(H,27,30). The van der Waals surface area contributed by atoms with Gasteiger partial charge < -0.3 is 5.32 Å². The first kappa shape index (κ1) is 19.9.